The Morgan fingerprint density at radius 3 is 2.67 bits per heavy atom. The second-order valence-corrected chi connectivity index (χ2v) is 10.3. The number of nitrogens with one attached hydrogen (secondary N) is 1. The number of anilines is 1. The zero-order valence-corrected chi connectivity index (χ0v) is 19.2. The van der Waals surface area contributed by atoms with Crippen LogP contribution in [0.5, 0.6) is 0 Å². The van der Waals surface area contributed by atoms with Gasteiger partial charge in [0, 0.05) is 39.5 Å². The average molecular weight is 457 g/mol. The Morgan fingerprint density at radius 1 is 1.20 bits per heavy atom. The minimum Gasteiger partial charge on any atom is -0.326 e. The Morgan fingerprint density at radius 2 is 1.97 bits per heavy atom. The summed E-state index contributed by atoms with van der Waals surface area (Å²) in [6.07, 6.45) is 1.73. The van der Waals surface area contributed by atoms with Crippen molar-refractivity contribution in [1.29, 1.82) is 0 Å². The Hall–Kier alpha value is -2.49. The Labute approximate surface area is 186 Å². The molecule has 1 amide bonds. The van der Waals surface area contributed by atoms with Gasteiger partial charge in [-0.15, -0.1) is 22.7 Å². The zero-order chi connectivity index (χ0) is 21.3. The highest BCUT2D eigenvalue weighted by Gasteiger charge is 2.13. The molecule has 9 heteroatoms. The van der Waals surface area contributed by atoms with E-state index in [1.807, 2.05) is 50.4 Å². The second kappa shape index (κ2) is 8.71. The summed E-state index contributed by atoms with van der Waals surface area (Å²) in [5.74, 6) is -0.142. The summed E-state index contributed by atoms with van der Waals surface area (Å²) in [7, 11) is 0. The van der Waals surface area contributed by atoms with Crippen LogP contribution in [0.4, 0.5) is 5.69 Å². The third-order valence-electron chi connectivity index (χ3n) is 4.68. The number of thiophene rings is 1. The topological polar surface area (TPSA) is 76.9 Å². The van der Waals surface area contributed by atoms with Crippen LogP contribution < -0.4 is 10.9 Å². The Kier molecular flexibility index (Phi) is 6.03. The lowest BCUT2D eigenvalue weighted by Gasteiger charge is -2.08. The number of aryl methyl sites for hydroxylation is 4. The molecular weight excluding hydrogens is 436 g/mol. The lowest BCUT2D eigenvalue weighted by Crippen LogP contribution is -2.23. The summed E-state index contributed by atoms with van der Waals surface area (Å²) in [5.41, 5.74) is 2.62. The number of rotatable bonds is 6. The summed E-state index contributed by atoms with van der Waals surface area (Å²) in [6.45, 7) is 6.19. The van der Waals surface area contributed by atoms with Gasteiger partial charge < -0.3 is 5.32 Å². The smallest absolute Gasteiger partial charge is 0.262 e. The van der Waals surface area contributed by atoms with Gasteiger partial charge in [0.15, 0.2) is 4.34 Å². The summed E-state index contributed by atoms with van der Waals surface area (Å²) < 4.78 is 2.51. The molecule has 0 aliphatic carbocycles. The van der Waals surface area contributed by atoms with E-state index in [-0.39, 0.29) is 17.9 Å². The van der Waals surface area contributed by atoms with Crippen molar-refractivity contribution in [3.63, 3.8) is 0 Å². The number of fused-ring (bicyclic) bond motifs is 1. The van der Waals surface area contributed by atoms with E-state index in [0.29, 0.717) is 11.9 Å². The second-order valence-electron chi connectivity index (χ2n) is 6.89. The van der Waals surface area contributed by atoms with Gasteiger partial charge in [0.2, 0.25) is 5.91 Å². The van der Waals surface area contributed by atoms with Crippen molar-refractivity contribution < 1.29 is 4.79 Å². The number of carbonyl (C=O) groups is 1. The maximum atomic E-state index is 12.7. The van der Waals surface area contributed by atoms with Gasteiger partial charge in [0.25, 0.3) is 5.56 Å². The lowest BCUT2D eigenvalue weighted by atomic mass is 10.2. The predicted molar refractivity (Wildman–Crippen MR) is 124 cm³/mol. The standard InChI is InChI=1S/C21H20N4O2S3/c1-12-10-28-21(23-12)30-16-6-4-15(5-7-16)24-17(26)8-9-25-11-22-19-18(20(25)27)13(2)14(3)29-19/h4-7,10-11H,8-9H2,1-3H3,(H,24,26). The molecule has 0 saturated carbocycles. The summed E-state index contributed by atoms with van der Waals surface area (Å²) in [6, 6.07) is 7.66. The van der Waals surface area contributed by atoms with E-state index < -0.39 is 0 Å². The molecule has 0 radical (unpaired) electrons. The minimum atomic E-state index is -0.142. The van der Waals surface area contributed by atoms with E-state index in [9.17, 15) is 9.59 Å². The number of carbonyl (C=O) groups excluding carboxylic acids is 1. The van der Waals surface area contributed by atoms with Gasteiger partial charge in [-0.3, -0.25) is 14.2 Å². The molecule has 0 bridgehead atoms. The quantitative estimate of drug-likeness (QED) is 0.441. The number of hydrogen-bond acceptors (Lipinski definition) is 7. The molecule has 4 aromatic rings. The summed E-state index contributed by atoms with van der Waals surface area (Å²) in [4.78, 5) is 36.8. The van der Waals surface area contributed by atoms with Crippen LogP contribution in [0, 0.1) is 20.8 Å². The third-order valence-corrected chi connectivity index (χ3v) is 7.86. The first-order valence-electron chi connectivity index (χ1n) is 9.36. The molecule has 0 fully saturated rings. The van der Waals surface area contributed by atoms with Crippen LogP contribution in [0.25, 0.3) is 10.2 Å². The maximum Gasteiger partial charge on any atom is 0.262 e. The molecule has 154 valence electrons. The van der Waals surface area contributed by atoms with E-state index >= 15 is 0 Å². The number of nitrogens with zero attached hydrogens (tertiary/aromatic N) is 3. The van der Waals surface area contributed by atoms with Crippen molar-refractivity contribution in [3.8, 4) is 0 Å². The molecule has 4 rings (SSSR count). The molecule has 3 aromatic heterocycles. The fraction of sp³-hybridized carbons (Fsp3) is 0.238. The van der Waals surface area contributed by atoms with E-state index in [0.717, 1.165) is 35.9 Å². The van der Waals surface area contributed by atoms with Crippen molar-refractivity contribution >= 4 is 56.2 Å². The van der Waals surface area contributed by atoms with Crippen LogP contribution in [0.15, 0.2) is 50.0 Å². The first kappa shape index (κ1) is 20.8. The molecular formula is C21H20N4O2S3. The van der Waals surface area contributed by atoms with E-state index in [2.05, 4.69) is 15.3 Å². The number of hydrogen-bond donors (Lipinski definition) is 1. The Balaban J connectivity index is 1.37. The van der Waals surface area contributed by atoms with Crippen molar-refractivity contribution in [2.24, 2.45) is 0 Å². The molecule has 30 heavy (non-hydrogen) atoms. The fourth-order valence-electron chi connectivity index (χ4n) is 2.96. The first-order valence-corrected chi connectivity index (χ1v) is 11.9. The molecule has 0 aliphatic heterocycles. The van der Waals surface area contributed by atoms with Gasteiger partial charge in [-0.25, -0.2) is 9.97 Å². The van der Waals surface area contributed by atoms with Crippen molar-refractivity contribution in [2.45, 2.75) is 43.0 Å². The van der Waals surface area contributed by atoms with E-state index in [4.69, 9.17) is 0 Å². The molecule has 0 saturated heterocycles. The minimum absolute atomic E-state index is 0.0894. The lowest BCUT2D eigenvalue weighted by molar-refractivity contribution is -0.116. The van der Waals surface area contributed by atoms with Gasteiger partial charge >= 0.3 is 0 Å². The van der Waals surface area contributed by atoms with Crippen molar-refractivity contribution in [1.82, 2.24) is 14.5 Å². The predicted octanol–water partition coefficient (Wildman–Crippen LogP) is 5.02. The molecule has 0 atom stereocenters. The normalized spacial score (nSPS) is 11.2. The molecule has 0 spiro atoms. The van der Waals surface area contributed by atoms with Crippen LogP contribution in [-0.2, 0) is 11.3 Å². The van der Waals surface area contributed by atoms with Gasteiger partial charge in [0.05, 0.1) is 11.7 Å². The van der Waals surface area contributed by atoms with Crippen LogP contribution in [0.2, 0.25) is 0 Å². The average Bonchev–Trinajstić information content (AvgIpc) is 3.25. The molecule has 3 heterocycles. The maximum absolute atomic E-state index is 12.7. The monoisotopic (exact) mass is 456 g/mol. The highest BCUT2D eigenvalue weighted by atomic mass is 32.2. The number of amides is 1. The summed E-state index contributed by atoms with van der Waals surface area (Å²) in [5, 5.41) is 5.57. The largest absolute Gasteiger partial charge is 0.326 e. The molecule has 0 unspecified atom stereocenters. The molecule has 1 N–H and O–H groups in total. The van der Waals surface area contributed by atoms with Gasteiger partial charge in [-0.2, -0.15) is 0 Å². The van der Waals surface area contributed by atoms with Crippen LogP contribution in [0.3, 0.4) is 0 Å². The van der Waals surface area contributed by atoms with Crippen molar-refractivity contribution in [2.75, 3.05) is 5.32 Å². The number of thiazole rings is 1. The van der Waals surface area contributed by atoms with E-state index in [1.165, 1.54) is 22.2 Å². The summed E-state index contributed by atoms with van der Waals surface area (Å²) >= 11 is 4.74. The van der Waals surface area contributed by atoms with Crippen LogP contribution in [-0.4, -0.2) is 20.4 Å². The first-order chi connectivity index (χ1) is 14.4. The molecule has 1 aromatic carbocycles. The molecule has 6 nitrogen and oxygen atoms in total. The van der Waals surface area contributed by atoms with Gasteiger partial charge in [0.1, 0.15) is 4.83 Å². The zero-order valence-electron chi connectivity index (χ0n) is 16.8. The third kappa shape index (κ3) is 4.48. The van der Waals surface area contributed by atoms with Crippen molar-refractivity contribution in [3.05, 3.63) is 62.5 Å². The van der Waals surface area contributed by atoms with Crippen LogP contribution in [0.1, 0.15) is 22.6 Å². The highest BCUT2D eigenvalue weighted by molar-refractivity contribution is 8.01. The van der Waals surface area contributed by atoms with E-state index in [1.54, 1.807) is 23.1 Å². The molecule has 0 aliphatic rings. The highest BCUT2D eigenvalue weighted by Crippen LogP contribution is 2.31. The van der Waals surface area contributed by atoms with Gasteiger partial charge in [-0.05, 0) is 50.6 Å². The Bertz CT molecular complexity index is 1270. The SMILES string of the molecule is Cc1csc(Sc2ccc(NC(=O)CCn3cnc4sc(C)c(C)c4c3=O)cc2)n1. The number of benzene rings is 1. The van der Waals surface area contributed by atoms with Crippen LogP contribution >= 0.6 is 34.4 Å². The fourth-order valence-corrected chi connectivity index (χ4v) is 5.76. The van der Waals surface area contributed by atoms with Gasteiger partial charge in [-0.1, -0.05) is 11.8 Å². The number of aromatic nitrogens is 3.